The van der Waals surface area contributed by atoms with Gasteiger partial charge in [-0.3, -0.25) is 9.36 Å². The van der Waals surface area contributed by atoms with Crippen LogP contribution in [0.1, 0.15) is 6.42 Å². The molecule has 0 aliphatic carbocycles. The van der Waals surface area contributed by atoms with Crippen LogP contribution in [0.5, 0.6) is 0 Å². The number of hydrogen-bond donors (Lipinski definition) is 4. The summed E-state index contributed by atoms with van der Waals surface area (Å²) in [4.78, 5) is 48.1. The summed E-state index contributed by atoms with van der Waals surface area (Å²) in [6, 6.07) is -1.46. The predicted octanol–water partition coefficient (Wildman–Crippen LogP) is -1.68. The maximum absolute atomic E-state index is 10.9. The molecule has 15 heavy (non-hydrogen) atoms. The molecule has 0 aromatic carbocycles. The molecule has 0 aliphatic rings. The Morgan fingerprint density at radius 2 is 1.93 bits per heavy atom. The molecule has 0 saturated carbocycles. The predicted molar refractivity (Wildman–Crippen MR) is 47.2 cm³/mol. The summed E-state index contributed by atoms with van der Waals surface area (Å²) in [7, 11) is -4.52. The Bertz CT molecular complexity index is 309. The minimum absolute atomic E-state index is 0.288. The highest BCUT2D eigenvalue weighted by Crippen LogP contribution is 2.33. The molecule has 9 heteroatoms. The van der Waals surface area contributed by atoms with E-state index in [1.807, 2.05) is 5.32 Å². The largest absolute Gasteiger partial charge is 0.480 e. The zero-order valence-corrected chi connectivity index (χ0v) is 8.39. The first-order chi connectivity index (χ1) is 6.76. The van der Waals surface area contributed by atoms with Crippen LogP contribution in [0.25, 0.3) is 0 Å². The van der Waals surface area contributed by atoms with Crippen molar-refractivity contribution in [1.82, 2.24) is 5.32 Å². The normalized spacial score (nSPS) is 12.9. The Kier molecular flexibility index (Phi) is 5.13. The van der Waals surface area contributed by atoms with Gasteiger partial charge in [-0.1, -0.05) is 0 Å². The van der Waals surface area contributed by atoms with Gasteiger partial charge in [0.05, 0.1) is 0 Å². The Hall–Kier alpha value is -1.24. The van der Waals surface area contributed by atoms with Gasteiger partial charge in [0, 0.05) is 6.42 Å². The standard InChI is InChI=1S/C6H10NO7P/c8-2-1-4(6(10)11)7-5(9)3-15(12,13)14/h2,4H,1,3H2,(H,7,9)(H,10,11)(H2,12,13,14)/t4-/m0/s1. The highest BCUT2D eigenvalue weighted by molar-refractivity contribution is 7.52. The quantitative estimate of drug-likeness (QED) is 0.320. The Labute approximate surface area is 84.4 Å². The molecule has 0 aromatic heterocycles. The molecule has 0 radical (unpaired) electrons. The van der Waals surface area contributed by atoms with Gasteiger partial charge < -0.3 is 25.0 Å². The number of nitrogens with one attached hydrogen (secondary N) is 1. The number of carboxylic acids is 1. The molecule has 1 amide bonds. The van der Waals surface area contributed by atoms with Crippen LogP contribution < -0.4 is 5.32 Å². The molecule has 0 unspecified atom stereocenters. The van der Waals surface area contributed by atoms with Crippen molar-refractivity contribution >= 4 is 25.8 Å². The zero-order chi connectivity index (χ0) is 12.1. The van der Waals surface area contributed by atoms with Gasteiger partial charge in [0.2, 0.25) is 5.91 Å². The second-order valence-corrected chi connectivity index (χ2v) is 4.33. The molecule has 4 N–H and O–H groups in total. The lowest BCUT2D eigenvalue weighted by molar-refractivity contribution is -0.142. The minimum atomic E-state index is -4.52. The van der Waals surface area contributed by atoms with Crippen LogP contribution in [0.3, 0.4) is 0 Å². The van der Waals surface area contributed by atoms with E-state index in [1.54, 1.807) is 0 Å². The molecule has 86 valence electrons. The third-order valence-corrected chi connectivity index (χ3v) is 2.01. The van der Waals surface area contributed by atoms with Crippen molar-refractivity contribution < 1.29 is 33.8 Å². The minimum Gasteiger partial charge on any atom is -0.480 e. The van der Waals surface area contributed by atoms with Crippen LogP contribution in [0, 0.1) is 0 Å². The lowest BCUT2D eigenvalue weighted by Gasteiger charge is -2.11. The van der Waals surface area contributed by atoms with Gasteiger partial charge in [-0.25, -0.2) is 4.79 Å². The highest BCUT2D eigenvalue weighted by Gasteiger charge is 2.24. The summed E-state index contributed by atoms with van der Waals surface area (Å²) in [5.74, 6) is -2.56. The third kappa shape index (κ3) is 6.78. The first-order valence-corrected chi connectivity index (χ1v) is 5.56. The van der Waals surface area contributed by atoms with Crippen LogP contribution in [-0.4, -0.2) is 45.3 Å². The number of aliphatic carboxylic acids is 1. The van der Waals surface area contributed by atoms with E-state index in [2.05, 4.69) is 0 Å². The number of carbonyl (C=O) groups excluding carboxylic acids is 2. The van der Waals surface area contributed by atoms with Crippen molar-refractivity contribution in [1.29, 1.82) is 0 Å². The van der Waals surface area contributed by atoms with Crippen molar-refractivity contribution in [3.63, 3.8) is 0 Å². The number of aldehydes is 1. The summed E-state index contributed by atoms with van der Waals surface area (Å²) in [6.45, 7) is 0. The van der Waals surface area contributed by atoms with E-state index >= 15 is 0 Å². The Morgan fingerprint density at radius 3 is 2.27 bits per heavy atom. The van der Waals surface area contributed by atoms with Crippen LogP contribution >= 0.6 is 7.60 Å². The van der Waals surface area contributed by atoms with Gasteiger partial charge >= 0.3 is 13.6 Å². The summed E-state index contributed by atoms with van der Waals surface area (Å²) in [6.07, 6.45) is -1.27. The molecule has 0 aromatic rings. The molecular formula is C6H10NO7P. The first-order valence-electron chi connectivity index (χ1n) is 3.76. The average molecular weight is 239 g/mol. The fourth-order valence-electron chi connectivity index (χ4n) is 0.745. The topological polar surface area (TPSA) is 141 Å². The van der Waals surface area contributed by atoms with Crippen molar-refractivity contribution in [2.75, 3.05) is 6.16 Å². The van der Waals surface area contributed by atoms with Gasteiger partial charge in [-0.05, 0) is 0 Å². The SMILES string of the molecule is O=CC[C@H](NC(=O)CP(=O)(O)O)C(=O)O. The van der Waals surface area contributed by atoms with E-state index in [1.165, 1.54) is 0 Å². The summed E-state index contributed by atoms with van der Waals surface area (Å²) in [5.41, 5.74) is 0. The number of carboxylic acid groups (broad SMARTS) is 1. The Morgan fingerprint density at radius 1 is 1.40 bits per heavy atom. The van der Waals surface area contributed by atoms with Crippen molar-refractivity contribution in [3.8, 4) is 0 Å². The van der Waals surface area contributed by atoms with E-state index in [0.717, 1.165) is 0 Å². The molecule has 0 aliphatic heterocycles. The summed E-state index contributed by atoms with van der Waals surface area (Å²) < 4.78 is 10.4. The number of carbonyl (C=O) groups is 3. The maximum Gasteiger partial charge on any atom is 0.334 e. The maximum atomic E-state index is 10.9. The molecule has 0 fully saturated rings. The van der Waals surface area contributed by atoms with Crippen LogP contribution in [0.15, 0.2) is 0 Å². The first kappa shape index (κ1) is 13.8. The van der Waals surface area contributed by atoms with Gasteiger partial charge in [0.15, 0.2) is 0 Å². The highest BCUT2D eigenvalue weighted by atomic mass is 31.2. The van der Waals surface area contributed by atoms with Gasteiger partial charge in [-0.2, -0.15) is 0 Å². The molecule has 8 nitrogen and oxygen atoms in total. The van der Waals surface area contributed by atoms with Crippen molar-refractivity contribution in [3.05, 3.63) is 0 Å². The van der Waals surface area contributed by atoms with Gasteiger partial charge in [0.25, 0.3) is 0 Å². The second-order valence-electron chi connectivity index (χ2n) is 2.68. The smallest absolute Gasteiger partial charge is 0.334 e. The van der Waals surface area contributed by atoms with E-state index in [0.29, 0.717) is 0 Å². The van der Waals surface area contributed by atoms with Crippen molar-refractivity contribution in [2.45, 2.75) is 12.5 Å². The molecule has 1 atom stereocenters. The number of hydrogen-bond acceptors (Lipinski definition) is 4. The molecule has 0 heterocycles. The lowest BCUT2D eigenvalue weighted by Crippen LogP contribution is -2.42. The molecule has 0 saturated heterocycles. The van der Waals surface area contributed by atoms with Crippen LogP contribution in [0.4, 0.5) is 0 Å². The van der Waals surface area contributed by atoms with Crippen molar-refractivity contribution in [2.24, 2.45) is 0 Å². The van der Waals surface area contributed by atoms with E-state index in [4.69, 9.17) is 14.9 Å². The lowest BCUT2D eigenvalue weighted by atomic mass is 10.2. The summed E-state index contributed by atoms with van der Waals surface area (Å²) in [5, 5.41) is 10.3. The van der Waals surface area contributed by atoms with Gasteiger partial charge in [-0.15, -0.1) is 0 Å². The average Bonchev–Trinajstić information content (AvgIpc) is 1.99. The van der Waals surface area contributed by atoms with Gasteiger partial charge in [0.1, 0.15) is 18.5 Å². The monoisotopic (exact) mass is 239 g/mol. The molecule has 0 spiro atoms. The van der Waals surface area contributed by atoms with Crippen LogP contribution in [0.2, 0.25) is 0 Å². The van der Waals surface area contributed by atoms with E-state index in [9.17, 15) is 18.9 Å². The fraction of sp³-hybridized carbons (Fsp3) is 0.500. The molecule has 0 rings (SSSR count). The third-order valence-electron chi connectivity index (χ3n) is 1.31. The molecule has 0 bridgehead atoms. The molecular weight excluding hydrogens is 229 g/mol. The van der Waals surface area contributed by atoms with E-state index < -0.39 is 38.1 Å². The zero-order valence-electron chi connectivity index (χ0n) is 7.49. The Balaban J connectivity index is 4.29. The summed E-state index contributed by atoms with van der Waals surface area (Å²) >= 11 is 0. The number of rotatable bonds is 6. The second kappa shape index (κ2) is 5.59. The number of amides is 1. The fourth-order valence-corrected chi connectivity index (χ4v) is 1.21. The van der Waals surface area contributed by atoms with E-state index in [-0.39, 0.29) is 6.29 Å². The van der Waals surface area contributed by atoms with Crippen LogP contribution in [-0.2, 0) is 18.9 Å².